The van der Waals surface area contributed by atoms with Gasteiger partial charge in [-0.3, -0.25) is 14.9 Å². The van der Waals surface area contributed by atoms with Crippen molar-refractivity contribution in [1.29, 1.82) is 0 Å². The van der Waals surface area contributed by atoms with Crippen molar-refractivity contribution in [3.05, 3.63) is 39.4 Å². The first kappa shape index (κ1) is 18.1. The molecule has 1 amide bonds. The number of carbonyl (C=O) groups excluding carboxylic acids is 1. The normalized spacial score (nSPS) is 12.3. The molecule has 0 heterocycles. The standard InChI is InChI=1S/C16H25N3O3/c1-5-12-6-7-13(10-15(12)19(21)22)16(20)18(4)9-8-14(17)11(2)3/h6-7,10-11,14H,5,8-9,17H2,1-4H3. The first-order chi connectivity index (χ1) is 10.3. The monoisotopic (exact) mass is 307 g/mol. The van der Waals surface area contributed by atoms with Crippen molar-refractivity contribution in [3.8, 4) is 0 Å². The number of nitrogens with zero attached hydrogens (tertiary/aromatic N) is 2. The van der Waals surface area contributed by atoms with Gasteiger partial charge in [0.25, 0.3) is 11.6 Å². The van der Waals surface area contributed by atoms with E-state index < -0.39 is 4.92 Å². The Balaban J connectivity index is 2.84. The molecule has 6 nitrogen and oxygen atoms in total. The van der Waals surface area contributed by atoms with Gasteiger partial charge in [-0.15, -0.1) is 0 Å². The van der Waals surface area contributed by atoms with E-state index in [2.05, 4.69) is 0 Å². The fourth-order valence-electron chi connectivity index (χ4n) is 2.16. The minimum Gasteiger partial charge on any atom is -0.342 e. The molecule has 1 aromatic rings. The number of amides is 1. The van der Waals surface area contributed by atoms with Crippen LogP contribution in [0.4, 0.5) is 5.69 Å². The van der Waals surface area contributed by atoms with Crippen molar-refractivity contribution in [1.82, 2.24) is 4.90 Å². The van der Waals surface area contributed by atoms with Crippen LogP contribution in [0, 0.1) is 16.0 Å². The molecule has 6 heteroatoms. The maximum absolute atomic E-state index is 12.4. The zero-order valence-electron chi connectivity index (χ0n) is 13.7. The third-order valence-electron chi connectivity index (χ3n) is 3.91. The molecule has 0 aliphatic rings. The fraction of sp³-hybridized carbons (Fsp3) is 0.562. The van der Waals surface area contributed by atoms with E-state index in [9.17, 15) is 14.9 Å². The lowest BCUT2D eigenvalue weighted by atomic mass is 10.0. The van der Waals surface area contributed by atoms with Gasteiger partial charge in [0.1, 0.15) is 0 Å². The van der Waals surface area contributed by atoms with Crippen LogP contribution in [0.2, 0.25) is 0 Å². The molecule has 1 unspecified atom stereocenters. The Hall–Kier alpha value is -1.95. The van der Waals surface area contributed by atoms with Crippen molar-refractivity contribution < 1.29 is 9.72 Å². The summed E-state index contributed by atoms with van der Waals surface area (Å²) in [4.78, 5) is 24.6. The molecule has 1 rings (SSSR count). The number of benzene rings is 1. The van der Waals surface area contributed by atoms with E-state index >= 15 is 0 Å². The molecule has 0 aliphatic heterocycles. The predicted molar refractivity (Wildman–Crippen MR) is 86.9 cm³/mol. The highest BCUT2D eigenvalue weighted by atomic mass is 16.6. The maximum Gasteiger partial charge on any atom is 0.273 e. The summed E-state index contributed by atoms with van der Waals surface area (Å²) < 4.78 is 0. The third kappa shape index (κ3) is 4.53. The van der Waals surface area contributed by atoms with E-state index in [-0.39, 0.29) is 17.6 Å². The molecule has 0 saturated carbocycles. The first-order valence-electron chi connectivity index (χ1n) is 7.56. The fourth-order valence-corrected chi connectivity index (χ4v) is 2.16. The lowest BCUT2D eigenvalue weighted by Crippen LogP contribution is -2.34. The van der Waals surface area contributed by atoms with Crippen LogP contribution >= 0.6 is 0 Å². The molecule has 0 spiro atoms. The van der Waals surface area contributed by atoms with Gasteiger partial charge in [0.2, 0.25) is 0 Å². The summed E-state index contributed by atoms with van der Waals surface area (Å²) in [5.74, 6) is 0.134. The number of hydrogen-bond donors (Lipinski definition) is 1. The Kier molecular flexibility index (Phi) is 6.49. The Morgan fingerprint density at radius 3 is 2.55 bits per heavy atom. The molecular weight excluding hydrogens is 282 g/mol. The van der Waals surface area contributed by atoms with Gasteiger partial charge in [0, 0.05) is 36.8 Å². The minimum absolute atomic E-state index is 0.000585. The average molecular weight is 307 g/mol. The molecule has 1 aromatic carbocycles. The van der Waals surface area contributed by atoms with E-state index in [0.29, 0.717) is 36.4 Å². The quantitative estimate of drug-likeness (QED) is 0.619. The van der Waals surface area contributed by atoms with Crippen LogP contribution in [0.5, 0.6) is 0 Å². The van der Waals surface area contributed by atoms with Crippen LogP contribution in [0.3, 0.4) is 0 Å². The van der Waals surface area contributed by atoms with Gasteiger partial charge in [-0.1, -0.05) is 26.8 Å². The molecule has 22 heavy (non-hydrogen) atoms. The van der Waals surface area contributed by atoms with Gasteiger partial charge in [-0.2, -0.15) is 0 Å². The maximum atomic E-state index is 12.4. The topological polar surface area (TPSA) is 89.5 Å². The van der Waals surface area contributed by atoms with Crippen molar-refractivity contribution in [3.63, 3.8) is 0 Å². The molecular formula is C16H25N3O3. The zero-order valence-corrected chi connectivity index (χ0v) is 13.7. The summed E-state index contributed by atoms with van der Waals surface area (Å²) in [7, 11) is 1.69. The summed E-state index contributed by atoms with van der Waals surface area (Å²) in [5, 5.41) is 11.1. The Labute approximate surface area is 131 Å². The summed E-state index contributed by atoms with van der Waals surface area (Å²) in [6.07, 6.45) is 1.26. The van der Waals surface area contributed by atoms with Gasteiger partial charge >= 0.3 is 0 Å². The van der Waals surface area contributed by atoms with Crippen LogP contribution in [0.25, 0.3) is 0 Å². The predicted octanol–water partition coefficient (Wildman–Crippen LogP) is 2.60. The van der Waals surface area contributed by atoms with E-state index in [4.69, 9.17) is 5.73 Å². The second-order valence-corrected chi connectivity index (χ2v) is 5.88. The third-order valence-corrected chi connectivity index (χ3v) is 3.91. The lowest BCUT2D eigenvalue weighted by molar-refractivity contribution is -0.385. The number of nitrogens with two attached hydrogens (primary N) is 1. The molecule has 0 aromatic heterocycles. The van der Waals surface area contributed by atoms with Crippen molar-refractivity contribution in [2.45, 2.75) is 39.7 Å². The van der Waals surface area contributed by atoms with Crippen molar-refractivity contribution in [2.24, 2.45) is 11.7 Å². The number of hydrogen-bond acceptors (Lipinski definition) is 4. The highest BCUT2D eigenvalue weighted by Gasteiger charge is 2.19. The molecule has 0 saturated heterocycles. The second-order valence-electron chi connectivity index (χ2n) is 5.88. The van der Waals surface area contributed by atoms with Crippen LogP contribution in [0.1, 0.15) is 43.1 Å². The molecule has 0 aliphatic carbocycles. The van der Waals surface area contributed by atoms with Crippen molar-refractivity contribution >= 4 is 11.6 Å². The SMILES string of the molecule is CCc1ccc(C(=O)N(C)CCC(N)C(C)C)cc1[N+](=O)[O-]. The molecule has 0 bridgehead atoms. The van der Waals surface area contributed by atoms with Gasteiger partial charge in [-0.05, 0) is 24.8 Å². The number of rotatable bonds is 7. The summed E-state index contributed by atoms with van der Waals surface area (Å²) in [6, 6.07) is 4.69. The van der Waals surface area contributed by atoms with E-state index in [1.807, 2.05) is 20.8 Å². The highest BCUT2D eigenvalue weighted by molar-refractivity contribution is 5.94. The van der Waals surface area contributed by atoms with E-state index in [0.717, 1.165) is 0 Å². The summed E-state index contributed by atoms with van der Waals surface area (Å²) in [6.45, 7) is 6.46. The number of nitro benzene ring substituents is 1. The molecule has 0 radical (unpaired) electrons. The van der Waals surface area contributed by atoms with Crippen LogP contribution in [-0.4, -0.2) is 35.4 Å². The largest absolute Gasteiger partial charge is 0.342 e. The zero-order chi connectivity index (χ0) is 16.9. The van der Waals surface area contributed by atoms with Crippen molar-refractivity contribution in [2.75, 3.05) is 13.6 Å². The first-order valence-corrected chi connectivity index (χ1v) is 7.56. The van der Waals surface area contributed by atoms with Crippen LogP contribution < -0.4 is 5.73 Å². The Morgan fingerprint density at radius 1 is 1.41 bits per heavy atom. The second kappa shape index (κ2) is 7.89. The van der Waals surface area contributed by atoms with Gasteiger partial charge < -0.3 is 10.6 Å². The van der Waals surface area contributed by atoms with Gasteiger partial charge in [-0.25, -0.2) is 0 Å². The molecule has 0 fully saturated rings. The Morgan fingerprint density at radius 2 is 2.05 bits per heavy atom. The van der Waals surface area contributed by atoms with Gasteiger partial charge in [0.05, 0.1) is 4.92 Å². The smallest absolute Gasteiger partial charge is 0.273 e. The van der Waals surface area contributed by atoms with Crippen LogP contribution in [-0.2, 0) is 6.42 Å². The molecule has 1 atom stereocenters. The molecule has 122 valence electrons. The summed E-state index contributed by atoms with van der Waals surface area (Å²) in [5.41, 5.74) is 6.95. The Bertz CT molecular complexity index is 543. The highest BCUT2D eigenvalue weighted by Crippen LogP contribution is 2.21. The molecule has 2 N–H and O–H groups in total. The van der Waals surface area contributed by atoms with Crippen LogP contribution in [0.15, 0.2) is 18.2 Å². The minimum atomic E-state index is -0.440. The number of carbonyl (C=O) groups is 1. The van der Waals surface area contributed by atoms with E-state index in [1.165, 1.54) is 6.07 Å². The average Bonchev–Trinajstić information content (AvgIpc) is 2.50. The lowest BCUT2D eigenvalue weighted by Gasteiger charge is -2.21. The summed E-state index contributed by atoms with van der Waals surface area (Å²) >= 11 is 0. The number of nitro groups is 1. The van der Waals surface area contributed by atoms with E-state index in [1.54, 1.807) is 24.1 Å². The van der Waals surface area contributed by atoms with Gasteiger partial charge in [0.15, 0.2) is 0 Å². The number of aryl methyl sites for hydroxylation is 1.